The molecule has 1 aliphatic heterocycles. The Morgan fingerprint density at radius 1 is 1.23 bits per heavy atom. The second-order valence-corrected chi connectivity index (χ2v) is 7.17. The molecule has 0 radical (unpaired) electrons. The number of hydrogen-bond donors (Lipinski definition) is 1. The van der Waals surface area contributed by atoms with Gasteiger partial charge in [-0.25, -0.2) is 14.4 Å². The number of carbonyl (C=O) groups is 1. The second-order valence-electron chi connectivity index (χ2n) is 7.17. The van der Waals surface area contributed by atoms with Crippen molar-refractivity contribution in [2.45, 2.75) is 26.7 Å². The van der Waals surface area contributed by atoms with E-state index in [1.807, 2.05) is 6.07 Å². The first-order valence-corrected chi connectivity index (χ1v) is 9.13. The number of anilines is 1. The van der Waals surface area contributed by atoms with Gasteiger partial charge in [0.2, 0.25) is 5.91 Å². The van der Waals surface area contributed by atoms with Crippen molar-refractivity contribution in [3.63, 3.8) is 0 Å². The molecular formula is C20H25FN4O. The fourth-order valence-electron chi connectivity index (χ4n) is 3.12. The van der Waals surface area contributed by atoms with Gasteiger partial charge >= 0.3 is 0 Å². The Labute approximate surface area is 153 Å². The van der Waals surface area contributed by atoms with E-state index in [4.69, 9.17) is 0 Å². The highest BCUT2D eigenvalue weighted by molar-refractivity contribution is 5.79. The third kappa shape index (κ3) is 4.56. The lowest BCUT2D eigenvalue weighted by Gasteiger charge is -2.32. The molecule has 2 aromatic rings. The molecular weight excluding hydrogens is 331 g/mol. The van der Waals surface area contributed by atoms with E-state index in [9.17, 15) is 9.18 Å². The molecule has 0 unspecified atom stereocenters. The maximum Gasteiger partial charge on any atom is 0.223 e. The third-order valence-corrected chi connectivity index (χ3v) is 4.67. The Morgan fingerprint density at radius 2 is 1.92 bits per heavy atom. The highest BCUT2D eigenvalue weighted by Gasteiger charge is 2.25. The molecule has 0 saturated carbocycles. The molecule has 2 heterocycles. The van der Waals surface area contributed by atoms with E-state index >= 15 is 0 Å². The molecule has 1 aliphatic rings. The molecule has 0 atom stereocenters. The summed E-state index contributed by atoms with van der Waals surface area (Å²) < 4.78 is 13.1. The Hall–Kier alpha value is -2.50. The number of amides is 1. The highest BCUT2D eigenvalue weighted by atomic mass is 19.1. The minimum Gasteiger partial charge on any atom is -0.356 e. The Kier molecular flexibility index (Phi) is 5.81. The molecule has 1 saturated heterocycles. The van der Waals surface area contributed by atoms with Crippen molar-refractivity contribution in [1.29, 1.82) is 0 Å². The molecule has 1 aromatic heterocycles. The van der Waals surface area contributed by atoms with Crippen LogP contribution in [0.5, 0.6) is 0 Å². The quantitative estimate of drug-likeness (QED) is 0.893. The zero-order chi connectivity index (χ0) is 18.5. The van der Waals surface area contributed by atoms with Gasteiger partial charge in [0.05, 0.1) is 5.69 Å². The van der Waals surface area contributed by atoms with Crippen LogP contribution in [0.2, 0.25) is 0 Å². The van der Waals surface area contributed by atoms with E-state index < -0.39 is 0 Å². The van der Waals surface area contributed by atoms with Gasteiger partial charge < -0.3 is 10.2 Å². The molecule has 0 bridgehead atoms. The lowest BCUT2D eigenvalue weighted by Crippen LogP contribution is -2.41. The molecule has 138 valence electrons. The first-order valence-electron chi connectivity index (χ1n) is 9.13. The summed E-state index contributed by atoms with van der Waals surface area (Å²) in [5, 5.41) is 3.03. The maximum atomic E-state index is 13.1. The van der Waals surface area contributed by atoms with E-state index in [1.165, 1.54) is 18.5 Å². The van der Waals surface area contributed by atoms with Crippen molar-refractivity contribution < 1.29 is 9.18 Å². The Morgan fingerprint density at radius 3 is 2.58 bits per heavy atom. The SMILES string of the molecule is CC(C)CNC(=O)C1CCN(c2cc(-c3ccc(F)cc3)ncn2)CC1. The number of piperidine rings is 1. The summed E-state index contributed by atoms with van der Waals surface area (Å²) in [5.74, 6) is 1.28. The van der Waals surface area contributed by atoms with E-state index in [1.54, 1.807) is 12.1 Å². The average Bonchev–Trinajstić information content (AvgIpc) is 2.67. The maximum absolute atomic E-state index is 13.1. The van der Waals surface area contributed by atoms with Crippen molar-refractivity contribution >= 4 is 11.7 Å². The third-order valence-electron chi connectivity index (χ3n) is 4.67. The van der Waals surface area contributed by atoms with Crippen LogP contribution in [0.4, 0.5) is 10.2 Å². The van der Waals surface area contributed by atoms with Crippen molar-refractivity contribution in [2.75, 3.05) is 24.5 Å². The van der Waals surface area contributed by atoms with Gasteiger partial charge in [-0.3, -0.25) is 4.79 Å². The molecule has 1 amide bonds. The van der Waals surface area contributed by atoms with Crippen LogP contribution < -0.4 is 10.2 Å². The summed E-state index contributed by atoms with van der Waals surface area (Å²) in [5.41, 5.74) is 1.63. The largest absolute Gasteiger partial charge is 0.356 e. The number of nitrogens with zero attached hydrogens (tertiary/aromatic N) is 3. The summed E-state index contributed by atoms with van der Waals surface area (Å²) in [6.45, 7) is 6.50. The van der Waals surface area contributed by atoms with Crippen LogP contribution in [0.15, 0.2) is 36.7 Å². The van der Waals surface area contributed by atoms with Gasteiger partial charge in [0.25, 0.3) is 0 Å². The van der Waals surface area contributed by atoms with Crippen LogP contribution in [0, 0.1) is 17.7 Å². The van der Waals surface area contributed by atoms with Crippen LogP contribution in [0.1, 0.15) is 26.7 Å². The monoisotopic (exact) mass is 356 g/mol. The minimum atomic E-state index is -0.263. The normalized spacial score (nSPS) is 15.3. The Balaban J connectivity index is 1.62. The number of hydrogen-bond acceptors (Lipinski definition) is 4. The topological polar surface area (TPSA) is 58.1 Å². The number of rotatable bonds is 5. The lowest BCUT2D eigenvalue weighted by molar-refractivity contribution is -0.125. The molecule has 6 heteroatoms. The standard InChI is InChI=1S/C20H25FN4O/c1-14(2)12-22-20(26)16-7-9-25(10-8-16)19-11-18(23-13-24-19)15-3-5-17(21)6-4-15/h3-6,11,13-14,16H,7-10,12H2,1-2H3,(H,22,26). The summed E-state index contributed by atoms with van der Waals surface area (Å²) in [7, 11) is 0. The molecule has 0 spiro atoms. The molecule has 5 nitrogen and oxygen atoms in total. The summed E-state index contributed by atoms with van der Waals surface area (Å²) >= 11 is 0. The number of nitrogens with one attached hydrogen (secondary N) is 1. The zero-order valence-corrected chi connectivity index (χ0v) is 15.3. The van der Waals surface area contributed by atoms with E-state index in [0.29, 0.717) is 5.92 Å². The lowest BCUT2D eigenvalue weighted by atomic mass is 9.95. The van der Waals surface area contributed by atoms with Crippen molar-refractivity contribution in [3.8, 4) is 11.3 Å². The van der Waals surface area contributed by atoms with Gasteiger partial charge in [0.1, 0.15) is 18.0 Å². The second kappa shape index (κ2) is 8.25. The van der Waals surface area contributed by atoms with Gasteiger partial charge in [-0.2, -0.15) is 0 Å². The number of carbonyl (C=O) groups excluding carboxylic acids is 1. The van der Waals surface area contributed by atoms with Crippen molar-refractivity contribution in [2.24, 2.45) is 11.8 Å². The fraction of sp³-hybridized carbons (Fsp3) is 0.450. The fourth-order valence-corrected chi connectivity index (χ4v) is 3.12. The number of benzene rings is 1. The first-order chi connectivity index (χ1) is 12.5. The van der Waals surface area contributed by atoms with Crippen molar-refractivity contribution in [3.05, 3.63) is 42.5 Å². The van der Waals surface area contributed by atoms with Gasteiger partial charge in [0, 0.05) is 37.2 Å². The van der Waals surface area contributed by atoms with Gasteiger partial charge in [-0.05, 0) is 43.0 Å². The summed E-state index contributed by atoms with van der Waals surface area (Å²) in [6.07, 6.45) is 3.18. The Bertz CT molecular complexity index is 740. The average molecular weight is 356 g/mol. The zero-order valence-electron chi connectivity index (χ0n) is 15.3. The first kappa shape index (κ1) is 18.3. The number of halogens is 1. The summed E-state index contributed by atoms with van der Waals surface area (Å²) in [6, 6.07) is 8.21. The highest BCUT2D eigenvalue weighted by Crippen LogP contribution is 2.25. The van der Waals surface area contributed by atoms with E-state index in [2.05, 4.69) is 34.0 Å². The van der Waals surface area contributed by atoms with Crippen LogP contribution in [-0.2, 0) is 4.79 Å². The predicted molar refractivity (Wildman–Crippen MR) is 100 cm³/mol. The van der Waals surface area contributed by atoms with E-state index in [-0.39, 0.29) is 17.6 Å². The van der Waals surface area contributed by atoms with Gasteiger partial charge in [0.15, 0.2) is 0 Å². The number of aromatic nitrogens is 2. The smallest absolute Gasteiger partial charge is 0.223 e. The van der Waals surface area contributed by atoms with Crippen LogP contribution in [0.25, 0.3) is 11.3 Å². The van der Waals surface area contributed by atoms with Crippen molar-refractivity contribution in [1.82, 2.24) is 15.3 Å². The van der Waals surface area contributed by atoms with Crippen LogP contribution >= 0.6 is 0 Å². The summed E-state index contributed by atoms with van der Waals surface area (Å²) in [4.78, 5) is 23.1. The van der Waals surface area contributed by atoms with Crippen LogP contribution in [0.3, 0.4) is 0 Å². The molecule has 26 heavy (non-hydrogen) atoms. The molecule has 3 rings (SSSR count). The van der Waals surface area contributed by atoms with Crippen LogP contribution in [-0.4, -0.2) is 35.5 Å². The van der Waals surface area contributed by atoms with Gasteiger partial charge in [-0.1, -0.05) is 13.8 Å². The molecule has 0 aliphatic carbocycles. The van der Waals surface area contributed by atoms with Gasteiger partial charge in [-0.15, -0.1) is 0 Å². The van der Waals surface area contributed by atoms with E-state index in [0.717, 1.165) is 49.6 Å². The molecule has 1 fully saturated rings. The molecule has 1 aromatic carbocycles. The minimum absolute atomic E-state index is 0.0726. The predicted octanol–water partition coefficient (Wildman–Crippen LogP) is 3.27. The molecule has 1 N–H and O–H groups in total.